The SMILES string of the molecule is Cc1ccc(S(=O)(=O)N2C(=O)CCC2c2nc(-c3ccccn3)no2)cc1. The number of aryl methyl sites for hydroxylation is 1. The van der Waals surface area contributed by atoms with Crippen LogP contribution in [0, 0.1) is 6.92 Å². The van der Waals surface area contributed by atoms with E-state index in [1.165, 1.54) is 12.1 Å². The Labute approximate surface area is 155 Å². The lowest BCUT2D eigenvalue weighted by Gasteiger charge is -2.21. The molecule has 1 amide bonds. The Morgan fingerprint density at radius 2 is 1.93 bits per heavy atom. The number of aromatic nitrogens is 3. The number of carbonyl (C=O) groups excluding carboxylic acids is 1. The summed E-state index contributed by atoms with van der Waals surface area (Å²) in [6.45, 7) is 1.86. The van der Waals surface area contributed by atoms with Crippen LogP contribution in [0.2, 0.25) is 0 Å². The molecule has 1 aromatic carbocycles. The lowest BCUT2D eigenvalue weighted by Crippen LogP contribution is -2.34. The minimum atomic E-state index is -4.02. The van der Waals surface area contributed by atoms with Gasteiger partial charge in [0.1, 0.15) is 11.7 Å². The van der Waals surface area contributed by atoms with Crippen LogP contribution in [-0.4, -0.2) is 33.8 Å². The van der Waals surface area contributed by atoms with Gasteiger partial charge in [-0.15, -0.1) is 0 Å². The molecule has 0 aliphatic carbocycles. The molecular weight excluding hydrogens is 368 g/mol. The summed E-state index contributed by atoms with van der Waals surface area (Å²) in [6, 6.07) is 10.8. The molecule has 1 unspecified atom stereocenters. The molecule has 2 aromatic heterocycles. The van der Waals surface area contributed by atoms with Crippen molar-refractivity contribution in [2.45, 2.75) is 30.7 Å². The molecule has 3 heterocycles. The minimum absolute atomic E-state index is 0.0535. The van der Waals surface area contributed by atoms with Gasteiger partial charge in [-0.3, -0.25) is 9.78 Å². The van der Waals surface area contributed by atoms with E-state index >= 15 is 0 Å². The van der Waals surface area contributed by atoms with Crippen LogP contribution in [0.25, 0.3) is 11.5 Å². The summed E-state index contributed by atoms with van der Waals surface area (Å²) in [5.41, 5.74) is 1.43. The van der Waals surface area contributed by atoms with Gasteiger partial charge in [0.2, 0.25) is 11.7 Å². The number of benzene rings is 1. The van der Waals surface area contributed by atoms with Crippen LogP contribution in [0.5, 0.6) is 0 Å². The van der Waals surface area contributed by atoms with Gasteiger partial charge in [0.25, 0.3) is 15.9 Å². The first kappa shape index (κ1) is 17.3. The molecule has 8 nitrogen and oxygen atoms in total. The van der Waals surface area contributed by atoms with Gasteiger partial charge in [0.15, 0.2) is 0 Å². The van der Waals surface area contributed by atoms with Gasteiger partial charge in [-0.05, 0) is 37.6 Å². The van der Waals surface area contributed by atoms with E-state index in [1.807, 2.05) is 6.92 Å². The number of pyridine rings is 1. The van der Waals surface area contributed by atoms with Crippen LogP contribution in [0.1, 0.15) is 30.3 Å². The van der Waals surface area contributed by atoms with Crippen molar-refractivity contribution in [3.63, 3.8) is 0 Å². The van der Waals surface area contributed by atoms with Crippen LogP contribution >= 0.6 is 0 Å². The van der Waals surface area contributed by atoms with Crippen LogP contribution in [0.15, 0.2) is 58.1 Å². The molecule has 0 radical (unpaired) electrons. The highest BCUT2D eigenvalue weighted by Crippen LogP contribution is 2.37. The zero-order valence-corrected chi connectivity index (χ0v) is 15.3. The Bertz CT molecular complexity index is 1080. The van der Waals surface area contributed by atoms with Gasteiger partial charge < -0.3 is 4.52 Å². The third kappa shape index (κ3) is 3.10. The monoisotopic (exact) mass is 384 g/mol. The Hall–Kier alpha value is -3.07. The molecule has 1 aliphatic heterocycles. The molecular formula is C18H16N4O4S. The fourth-order valence-electron chi connectivity index (χ4n) is 2.98. The number of hydrogen-bond acceptors (Lipinski definition) is 7. The Kier molecular flexibility index (Phi) is 4.23. The first-order valence-corrected chi connectivity index (χ1v) is 9.80. The lowest BCUT2D eigenvalue weighted by molar-refractivity contribution is -0.124. The van der Waals surface area contributed by atoms with Gasteiger partial charge in [0.05, 0.1) is 4.90 Å². The predicted molar refractivity (Wildman–Crippen MR) is 94.7 cm³/mol. The maximum Gasteiger partial charge on any atom is 0.267 e. The first-order chi connectivity index (χ1) is 13.0. The lowest BCUT2D eigenvalue weighted by atomic mass is 10.2. The molecule has 27 heavy (non-hydrogen) atoms. The average molecular weight is 384 g/mol. The molecule has 1 fully saturated rings. The van der Waals surface area contributed by atoms with Gasteiger partial charge >= 0.3 is 0 Å². The highest BCUT2D eigenvalue weighted by molar-refractivity contribution is 7.89. The summed E-state index contributed by atoms with van der Waals surface area (Å²) in [5.74, 6) is -0.159. The van der Waals surface area contributed by atoms with Crippen molar-refractivity contribution in [2.24, 2.45) is 0 Å². The second kappa shape index (κ2) is 6.58. The van der Waals surface area contributed by atoms with E-state index in [9.17, 15) is 13.2 Å². The average Bonchev–Trinajstić information content (AvgIpc) is 3.30. The quantitative estimate of drug-likeness (QED) is 0.680. The maximum atomic E-state index is 13.0. The molecule has 0 bridgehead atoms. The fraction of sp³-hybridized carbons (Fsp3) is 0.222. The highest BCUT2D eigenvalue weighted by atomic mass is 32.2. The molecule has 4 rings (SSSR count). The van der Waals surface area contributed by atoms with Crippen molar-refractivity contribution in [1.82, 2.24) is 19.4 Å². The highest BCUT2D eigenvalue weighted by Gasteiger charge is 2.44. The summed E-state index contributed by atoms with van der Waals surface area (Å²) < 4.78 is 32.2. The van der Waals surface area contributed by atoms with Crippen molar-refractivity contribution >= 4 is 15.9 Å². The van der Waals surface area contributed by atoms with Crippen molar-refractivity contribution < 1.29 is 17.7 Å². The van der Waals surface area contributed by atoms with E-state index in [2.05, 4.69) is 15.1 Å². The van der Waals surface area contributed by atoms with Crippen molar-refractivity contribution in [2.75, 3.05) is 0 Å². The van der Waals surface area contributed by atoms with Gasteiger partial charge in [-0.2, -0.15) is 4.98 Å². The minimum Gasteiger partial charge on any atom is -0.337 e. The molecule has 1 saturated heterocycles. The molecule has 138 valence electrons. The largest absolute Gasteiger partial charge is 0.337 e. The van der Waals surface area contributed by atoms with Crippen molar-refractivity contribution in [3.05, 3.63) is 60.1 Å². The topological polar surface area (TPSA) is 106 Å². The molecule has 0 saturated carbocycles. The number of amides is 1. The smallest absolute Gasteiger partial charge is 0.267 e. The number of rotatable bonds is 4. The summed E-state index contributed by atoms with van der Waals surface area (Å²) in [5, 5.41) is 3.88. The van der Waals surface area contributed by atoms with Crippen LogP contribution in [0.4, 0.5) is 0 Å². The summed E-state index contributed by atoms with van der Waals surface area (Å²) >= 11 is 0. The van der Waals surface area contributed by atoms with E-state index in [-0.39, 0.29) is 29.5 Å². The third-order valence-electron chi connectivity index (χ3n) is 4.36. The summed E-state index contributed by atoms with van der Waals surface area (Å²) in [6.07, 6.45) is 1.98. The normalized spacial score (nSPS) is 17.4. The Morgan fingerprint density at radius 3 is 2.63 bits per heavy atom. The van der Waals surface area contributed by atoms with Crippen LogP contribution in [0.3, 0.4) is 0 Å². The Balaban J connectivity index is 1.70. The van der Waals surface area contributed by atoms with Crippen molar-refractivity contribution in [3.8, 4) is 11.5 Å². The van der Waals surface area contributed by atoms with E-state index in [0.717, 1.165) is 9.87 Å². The van der Waals surface area contributed by atoms with Gasteiger partial charge in [0, 0.05) is 12.6 Å². The number of hydrogen-bond donors (Lipinski definition) is 0. The van der Waals surface area contributed by atoms with E-state index in [4.69, 9.17) is 4.52 Å². The van der Waals surface area contributed by atoms with E-state index in [1.54, 1.807) is 36.5 Å². The number of nitrogens with zero attached hydrogens (tertiary/aromatic N) is 4. The second-order valence-electron chi connectivity index (χ2n) is 6.23. The van der Waals surface area contributed by atoms with Gasteiger partial charge in [-0.25, -0.2) is 12.7 Å². The third-order valence-corrected chi connectivity index (χ3v) is 6.20. The molecule has 3 aromatic rings. The van der Waals surface area contributed by atoms with Gasteiger partial charge in [-0.1, -0.05) is 28.9 Å². The van der Waals surface area contributed by atoms with E-state index < -0.39 is 22.0 Å². The molecule has 0 N–H and O–H groups in total. The molecule has 9 heteroatoms. The number of sulfonamides is 1. The molecule has 0 spiro atoms. The van der Waals surface area contributed by atoms with E-state index in [0.29, 0.717) is 5.69 Å². The summed E-state index contributed by atoms with van der Waals surface area (Å²) in [4.78, 5) is 20.8. The van der Waals surface area contributed by atoms with Crippen molar-refractivity contribution in [1.29, 1.82) is 0 Å². The van der Waals surface area contributed by atoms with Crippen LogP contribution < -0.4 is 0 Å². The predicted octanol–water partition coefficient (Wildman–Crippen LogP) is 2.49. The fourth-order valence-corrected chi connectivity index (χ4v) is 4.58. The zero-order valence-electron chi connectivity index (χ0n) is 14.4. The first-order valence-electron chi connectivity index (χ1n) is 8.36. The maximum absolute atomic E-state index is 13.0. The zero-order chi connectivity index (χ0) is 19.0. The summed E-state index contributed by atoms with van der Waals surface area (Å²) in [7, 11) is -4.02. The molecule has 1 aliphatic rings. The standard InChI is InChI=1S/C18H16N4O4S/c1-12-5-7-13(8-6-12)27(24,25)22-15(9-10-16(22)23)18-20-17(21-26-18)14-4-2-3-11-19-14/h2-8,11,15H,9-10H2,1H3. The molecule has 1 atom stereocenters. The Morgan fingerprint density at radius 1 is 1.15 bits per heavy atom. The second-order valence-corrected chi connectivity index (χ2v) is 8.05. The van der Waals surface area contributed by atoms with Crippen LogP contribution in [-0.2, 0) is 14.8 Å². The number of carbonyl (C=O) groups is 1.